The molecule has 0 aliphatic heterocycles. The Morgan fingerprint density at radius 1 is 1.35 bits per heavy atom. The number of carboxylic acid groups (broad SMARTS) is 1. The van der Waals surface area contributed by atoms with Gasteiger partial charge in [0.15, 0.2) is 0 Å². The van der Waals surface area contributed by atoms with Crippen molar-refractivity contribution >= 4 is 17.3 Å². The van der Waals surface area contributed by atoms with E-state index in [9.17, 15) is 4.79 Å². The summed E-state index contributed by atoms with van der Waals surface area (Å²) in [5.41, 5.74) is 7.43. The molecular weight excluding hydrogens is 252 g/mol. The van der Waals surface area contributed by atoms with Crippen molar-refractivity contribution in [3.05, 3.63) is 23.8 Å². The first-order valence-corrected chi connectivity index (χ1v) is 7.39. The maximum absolute atomic E-state index is 11.2. The molecule has 2 rings (SSSR count). The van der Waals surface area contributed by atoms with E-state index in [0.29, 0.717) is 11.7 Å². The summed E-state index contributed by atoms with van der Waals surface area (Å²) in [5, 5.41) is 9.15. The van der Waals surface area contributed by atoms with E-state index in [1.54, 1.807) is 12.1 Å². The zero-order valence-electron chi connectivity index (χ0n) is 12.3. The summed E-state index contributed by atoms with van der Waals surface area (Å²) in [6.07, 6.45) is 6.08. The van der Waals surface area contributed by atoms with E-state index in [0.717, 1.165) is 24.4 Å². The van der Waals surface area contributed by atoms with Crippen molar-refractivity contribution in [1.82, 2.24) is 0 Å². The van der Waals surface area contributed by atoms with Crippen molar-refractivity contribution < 1.29 is 9.90 Å². The van der Waals surface area contributed by atoms with Crippen LogP contribution >= 0.6 is 0 Å². The van der Waals surface area contributed by atoms with E-state index in [1.807, 2.05) is 13.1 Å². The van der Waals surface area contributed by atoms with Crippen LogP contribution in [-0.2, 0) is 0 Å². The minimum atomic E-state index is -0.965. The molecule has 4 heteroatoms. The van der Waals surface area contributed by atoms with Gasteiger partial charge in [0, 0.05) is 13.1 Å². The van der Waals surface area contributed by atoms with Crippen molar-refractivity contribution in [1.29, 1.82) is 0 Å². The van der Waals surface area contributed by atoms with E-state index < -0.39 is 5.97 Å². The van der Waals surface area contributed by atoms with Crippen LogP contribution in [0.2, 0.25) is 0 Å². The number of nitrogens with zero attached hydrogens (tertiary/aromatic N) is 1. The number of rotatable bonds is 4. The molecule has 20 heavy (non-hydrogen) atoms. The van der Waals surface area contributed by atoms with Crippen molar-refractivity contribution in [2.24, 2.45) is 5.92 Å². The van der Waals surface area contributed by atoms with Gasteiger partial charge in [-0.05, 0) is 43.7 Å². The van der Waals surface area contributed by atoms with E-state index in [2.05, 4.69) is 11.8 Å². The van der Waals surface area contributed by atoms with Crippen LogP contribution < -0.4 is 10.6 Å². The van der Waals surface area contributed by atoms with Crippen LogP contribution in [-0.4, -0.2) is 24.2 Å². The van der Waals surface area contributed by atoms with Crippen molar-refractivity contribution in [3.63, 3.8) is 0 Å². The quantitative estimate of drug-likeness (QED) is 0.827. The van der Waals surface area contributed by atoms with Gasteiger partial charge in [-0.15, -0.1) is 0 Å². The number of hydrogen-bond donors (Lipinski definition) is 2. The number of nitrogen functional groups attached to an aromatic ring is 1. The van der Waals surface area contributed by atoms with Crippen molar-refractivity contribution in [2.45, 2.75) is 45.1 Å². The lowest BCUT2D eigenvalue weighted by Gasteiger charge is -2.36. The number of nitrogens with two attached hydrogens (primary N) is 1. The molecule has 0 unspecified atom stereocenters. The Balaban J connectivity index is 2.15. The van der Waals surface area contributed by atoms with Gasteiger partial charge in [0.2, 0.25) is 0 Å². The summed E-state index contributed by atoms with van der Waals surface area (Å²) in [6, 6.07) is 5.70. The number of para-hydroxylation sites is 1. The van der Waals surface area contributed by atoms with Gasteiger partial charge in [-0.3, -0.25) is 0 Å². The minimum absolute atomic E-state index is 0.191. The molecular formula is C16H24N2O2. The number of anilines is 2. The van der Waals surface area contributed by atoms with Crippen LogP contribution in [0.25, 0.3) is 0 Å². The summed E-state index contributed by atoms with van der Waals surface area (Å²) in [6.45, 7) is 2.25. The molecule has 1 fully saturated rings. The summed E-state index contributed by atoms with van der Waals surface area (Å²) >= 11 is 0. The molecule has 0 saturated heterocycles. The fourth-order valence-electron chi connectivity index (χ4n) is 3.18. The molecule has 0 spiro atoms. The average molecular weight is 276 g/mol. The molecule has 0 bridgehead atoms. The Labute approximate surface area is 120 Å². The monoisotopic (exact) mass is 276 g/mol. The first kappa shape index (κ1) is 14.7. The molecule has 1 aromatic carbocycles. The minimum Gasteiger partial charge on any atom is -0.478 e. The first-order chi connectivity index (χ1) is 9.54. The van der Waals surface area contributed by atoms with Gasteiger partial charge < -0.3 is 15.7 Å². The largest absolute Gasteiger partial charge is 0.478 e. The molecule has 110 valence electrons. The summed E-state index contributed by atoms with van der Waals surface area (Å²) in [5.74, 6) is -0.116. The number of benzene rings is 1. The molecule has 3 N–H and O–H groups in total. The fraction of sp³-hybridized carbons (Fsp3) is 0.562. The third kappa shape index (κ3) is 2.89. The third-order valence-electron chi connectivity index (χ3n) is 4.63. The molecule has 0 atom stereocenters. The SMILES string of the molecule is CCC1CCC(N(C)c2cccc(C(=O)O)c2N)CC1. The summed E-state index contributed by atoms with van der Waals surface area (Å²) in [4.78, 5) is 13.3. The highest BCUT2D eigenvalue weighted by Gasteiger charge is 2.25. The van der Waals surface area contributed by atoms with Gasteiger partial charge in [-0.25, -0.2) is 4.79 Å². The Bertz CT molecular complexity index is 479. The molecule has 1 aromatic rings. The van der Waals surface area contributed by atoms with Crippen LogP contribution in [0.1, 0.15) is 49.4 Å². The molecule has 1 aliphatic carbocycles. The van der Waals surface area contributed by atoms with E-state index in [4.69, 9.17) is 10.8 Å². The molecule has 0 aromatic heterocycles. The smallest absolute Gasteiger partial charge is 0.337 e. The van der Waals surface area contributed by atoms with Crippen LogP contribution in [0.5, 0.6) is 0 Å². The second kappa shape index (κ2) is 6.16. The highest BCUT2D eigenvalue weighted by Crippen LogP contribution is 2.34. The highest BCUT2D eigenvalue weighted by molar-refractivity contribution is 5.97. The van der Waals surface area contributed by atoms with E-state index in [-0.39, 0.29) is 5.56 Å². The Kier molecular flexibility index (Phi) is 4.53. The van der Waals surface area contributed by atoms with Crippen LogP contribution in [0, 0.1) is 5.92 Å². The summed E-state index contributed by atoms with van der Waals surface area (Å²) < 4.78 is 0. The predicted molar refractivity (Wildman–Crippen MR) is 82.3 cm³/mol. The topological polar surface area (TPSA) is 66.6 Å². The number of carbonyl (C=O) groups is 1. The Hall–Kier alpha value is -1.71. The zero-order chi connectivity index (χ0) is 14.7. The Morgan fingerprint density at radius 3 is 2.55 bits per heavy atom. The van der Waals surface area contributed by atoms with Gasteiger partial charge in [0.05, 0.1) is 16.9 Å². The molecule has 4 nitrogen and oxygen atoms in total. The second-order valence-electron chi connectivity index (χ2n) is 5.74. The molecule has 1 saturated carbocycles. The van der Waals surface area contributed by atoms with Crippen molar-refractivity contribution in [2.75, 3.05) is 17.7 Å². The van der Waals surface area contributed by atoms with Gasteiger partial charge in [-0.2, -0.15) is 0 Å². The number of carboxylic acids is 1. The van der Waals surface area contributed by atoms with Gasteiger partial charge >= 0.3 is 5.97 Å². The van der Waals surface area contributed by atoms with Gasteiger partial charge in [0.1, 0.15) is 0 Å². The first-order valence-electron chi connectivity index (χ1n) is 7.39. The lowest BCUT2D eigenvalue weighted by Crippen LogP contribution is -2.35. The lowest BCUT2D eigenvalue weighted by molar-refractivity contribution is 0.0698. The maximum atomic E-state index is 11.2. The van der Waals surface area contributed by atoms with Crippen molar-refractivity contribution in [3.8, 4) is 0 Å². The normalized spacial score (nSPS) is 22.5. The van der Waals surface area contributed by atoms with Crippen LogP contribution in [0.4, 0.5) is 11.4 Å². The third-order valence-corrected chi connectivity index (χ3v) is 4.63. The van der Waals surface area contributed by atoms with E-state index >= 15 is 0 Å². The fourth-order valence-corrected chi connectivity index (χ4v) is 3.18. The average Bonchev–Trinajstić information content (AvgIpc) is 2.46. The van der Waals surface area contributed by atoms with E-state index in [1.165, 1.54) is 19.3 Å². The van der Waals surface area contributed by atoms with Crippen LogP contribution in [0.3, 0.4) is 0 Å². The van der Waals surface area contributed by atoms with Gasteiger partial charge in [0.25, 0.3) is 0 Å². The summed E-state index contributed by atoms with van der Waals surface area (Å²) in [7, 11) is 2.02. The lowest BCUT2D eigenvalue weighted by atomic mass is 9.84. The number of aromatic carboxylic acids is 1. The molecule has 0 amide bonds. The second-order valence-corrected chi connectivity index (χ2v) is 5.74. The molecule has 0 radical (unpaired) electrons. The maximum Gasteiger partial charge on any atom is 0.337 e. The van der Waals surface area contributed by atoms with Crippen LogP contribution in [0.15, 0.2) is 18.2 Å². The standard InChI is InChI=1S/C16H24N2O2/c1-3-11-7-9-12(10-8-11)18(2)14-6-4-5-13(15(14)17)16(19)20/h4-6,11-12H,3,7-10,17H2,1-2H3,(H,19,20). The molecule has 1 aliphatic rings. The highest BCUT2D eigenvalue weighted by atomic mass is 16.4. The molecule has 0 heterocycles. The predicted octanol–water partition coefficient (Wildman–Crippen LogP) is 3.37. The zero-order valence-corrected chi connectivity index (χ0v) is 12.3. The number of hydrogen-bond acceptors (Lipinski definition) is 3. The van der Waals surface area contributed by atoms with Gasteiger partial charge in [-0.1, -0.05) is 19.4 Å². The Morgan fingerprint density at radius 2 is 2.00 bits per heavy atom.